The molecule has 0 spiro atoms. The average molecular weight is 625 g/mol. The first-order valence-corrected chi connectivity index (χ1v) is 15.1. The molecule has 2 N–H and O–H groups in total. The van der Waals surface area contributed by atoms with Crippen LogP contribution in [0, 0.1) is 11.8 Å². The van der Waals surface area contributed by atoms with Gasteiger partial charge in [0.15, 0.2) is 0 Å². The fraction of sp³-hybridized carbons (Fsp3) is 0.200. The predicted octanol–water partition coefficient (Wildman–Crippen LogP) is 5.79. The van der Waals surface area contributed by atoms with Crippen molar-refractivity contribution >= 4 is 58.2 Å². The monoisotopic (exact) mass is 623 g/mol. The second kappa shape index (κ2) is 10.3. The van der Waals surface area contributed by atoms with Gasteiger partial charge in [0.25, 0.3) is 0 Å². The Kier molecular flexibility index (Phi) is 6.64. The van der Waals surface area contributed by atoms with Crippen molar-refractivity contribution in [1.82, 2.24) is 4.90 Å². The summed E-state index contributed by atoms with van der Waals surface area (Å²) in [5, 5.41) is 5.56. The molecule has 2 bridgehead atoms. The lowest BCUT2D eigenvalue weighted by Crippen LogP contribution is -2.57. The van der Waals surface area contributed by atoms with Gasteiger partial charge in [-0.2, -0.15) is 0 Å². The van der Waals surface area contributed by atoms with E-state index in [1.54, 1.807) is 24.3 Å². The molecule has 7 nitrogen and oxygen atoms in total. The van der Waals surface area contributed by atoms with E-state index in [9.17, 15) is 19.2 Å². The zero-order valence-corrected chi connectivity index (χ0v) is 25.1. The molecular weight excluding hydrogens is 597 g/mol. The molecule has 0 saturated carbocycles. The molecule has 4 aromatic rings. The number of halogens is 2. The van der Waals surface area contributed by atoms with Crippen LogP contribution in [0.5, 0.6) is 0 Å². The summed E-state index contributed by atoms with van der Waals surface area (Å²) < 4.78 is 0. The molecule has 1 aliphatic heterocycles. The van der Waals surface area contributed by atoms with Crippen LogP contribution < -0.4 is 10.6 Å². The van der Waals surface area contributed by atoms with E-state index in [0.717, 1.165) is 10.5 Å². The molecule has 0 unspecified atom stereocenters. The summed E-state index contributed by atoms with van der Waals surface area (Å²) in [4.78, 5) is 53.0. The Bertz CT molecular complexity index is 1720. The predicted molar refractivity (Wildman–Crippen MR) is 168 cm³/mol. The second-order valence-corrected chi connectivity index (χ2v) is 12.7. The quantitative estimate of drug-likeness (QED) is 0.210. The van der Waals surface area contributed by atoms with E-state index in [1.807, 2.05) is 78.9 Å². The zero-order chi connectivity index (χ0) is 30.8. The molecule has 8 rings (SSSR count). The SMILES string of the molecule is CC(=O)Nc1ccc(NC(=O)[C@H](Cc2ccccc2)N2C(=O)[C@H]3[C@H](C2=O)C2(Cl)c4ccccc4C3(Cl)c3ccccc32)cc1. The molecule has 4 aliphatic rings. The highest BCUT2D eigenvalue weighted by atomic mass is 35.5. The van der Waals surface area contributed by atoms with Crippen LogP contribution >= 0.6 is 23.2 Å². The van der Waals surface area contributed by atoms with Crippen LogP contribution in [0.3, 0.4) is 0 Å². The molecule has 44 heavy (non-hydrogen) atoms. The number of alkyl halides is 2. The second-order valence-electron chi connectivity index (χ2n) is 11.5. The van der Waals surface area contributed by atoms with Gasteiger partial charge in [0.1, 0.15) is 15.8 Å². The zero-order valence-electron chi connectivity index (χ0n) is 23.6. The summed E-state index contributed by atoms with van der Waals surface area (Å²) in [6.07, 6.45) is 0.0953. The van der Waals surface area contributed by atoms with Crippen LogP contribution in [-0.2, 0) is 35.3 Å². The fourth-order valence-electron chi connectivity index (χ4n) is 7.20. The highest BCUT2D eigenvalue weighted by Gasteiger charge is 2.73. The number of carbonyl (C=O) groups is 4. The molecule has 0 aromatic heterocycles. The van der Waals surface area contributed by atoms with Crippen LogP contribution in [0.4, 0.5) is 11.4 Å². The molecule has 4 aromatic carbocycles. The van der Waals surface area contributed by atoms with E-state index in [2.05, 4.69) is 10.6 Å². The standard InChI is InChI=1S/C35H27Cl2N3O4/c1-20(41)38-22-15-17-23(18-16-22)39-31(42)28(19-21-9-3-2-4-10-21)40-32(43)29-30(33(40)44)35(37)25-12-6-5-11-24(25)34(29,36)26-13-7-8-14-27(26)35/h2-18,28-30H,19H2,1H3,(H,38,41)(H,39,42)/t28-,29+,30+,34?,35?/m0/s1. The van der Waals surface area contributed by atoms with Gasteiger partial charge in [-0.25, -0.2) is 0 Å². The minimum absolute atomic E-state index is 0.0953. The van der Waals surface area contributed by atoms with Crippen molar-refractivity contribution in [2.75, 3.05) is 10.6 Å². The maximum atomic E-state index is 14.6. The Morgan fingerprint density at radius 1 is 0.682 bits per heavy atom. The van der Waals surface area contributed by atoms with Crippen molar-refractivity contribution in [3.63, 3.8) is 0 Å². The maximum Gasteiger partial charge on any atom is 0.248 e. The number of amides is 4. The van der Waals surface area contributed by atoms with E-state index >= 15 is 0 Å². The third-order valence-corrected chi connectivity index (χ3v) is 10.3. The molecule has 1 heterocycles. The number of carbonyl (C=O) groups excluding carboxylic acids is 4. The van der Waals surface area contributed by atoms with Crippen molar-refractivity contribution < 1.29 is 19.2 Å². The number of anilines is 2. The average Bonchev–Trinajstić information content (AvgIpc) is 3.30. The minimum atomic E-state index is -1.34. The molecule has 9 heteroatoms. The van der Waals surface area contributed by atoms with Crippen molar-refractivity contribution in [1.29, 1.82) is 0 Å². The first kappa shape index (κ1) is 28.3. The fourth-order valence-corrected chi connectivity index (χ4v) is 8.30. The minimum Gasteiger partial charge on any atom is -0.326 e. The first-order valence-electron chi connectivity index (χ1n) is 14.3. The van der Waals surface area contributed by atoms with Crippen LogP contribution in [0.25, 0.3) is 0 Å². The Balaban J connectivity index is 1.31. The number of imide groups is 1. The van der Waals surface area contributed by atoms with E-state index in [4.69, 9.17) is 23.2 Å². The van der Waals surface area contributed by atoms with E-state index < -0.39 is 45.3 Å². The van der Waals surface area contributed by atoms with E-state index in [1.165, 1.54) is 6.92 Å². The normalized spacial score (nSPS) is 25.1. The van der Waals surface area contributed by atoms with Crippen LogP contribution in [-0.4, -0.2) is 34.6 Å². The number of hydrogen-bond acceptors (Lipinski definition) is 4. The third kappa shape index (κ3) is 4.03. The lowest BCUT2D eigenvalue weighted by Gasteiger charge is -2.54. The molecule has 3 atom stereocenters. The summed E-state index contributed by atoms with van der Waals surface area (Å²) in [6.45, 7) is 1.41. The van der Waals surface area contributed by atoms with Gasteiger partial charge in [0, 0.05) is 24.7 Å². The lowest BCUT2D eigenvalue weighted by atomic mass is 9.54. The van der Waals surface area contributed by atoms with E-state index in [0.29, 0.717) is 33.6 Å². The number of nitrogens with zero attached hydrogens (tertiary/aromatic N) is 1. The highest BCUT2D eigenvalue weighted by molar-refractivity contribution is 6.36. The molecule has 220 valence electrons. The maximum absolute atomic E-state index is 14.6. The van der Waals surface area contributed by atoms with Gasteiger partial charge in [0.2, 0.25) is 23.6 Å². The van der Waals surface area contributed by atoms with Gasteiger partial charge in [-0.1, -0.05) is 78.9 Å². The van der Waals surface area contributed by atoms with Gasteiger partial charge in [-0.3, -0.25) is 24.1 Å². The number of hydrogen-bond donors (Lipinski definition) is 2. The van der Waals surface area contributed by atoms with Gasteiger partial charge in [-0.15, -0.1) is 23.2 Å². The molecule has 1 fully saturated rings. The largest absolute Gasteiger partial charge is 0.326 e. The molecule has 1 saturated heterocycles. The third-order valence-electron chi connectivity index (χ3n) is 8.98. The number of nitrogens with one attached hydrogen (secondary N) is 2. The van der Waals surface area contributed by atoms with Gasteiger partial charge >= 0.3 is 0 Å². The summed E-state index contributed by atoms with van der Waals surface area (Å²) in [6, 6.07) is 29.5. The summed E-state index contributed by atoms with van der Waals surface area (Å²) >= 11 is 15.2. The van der Waals surface area contributed by atoms with Crippen LogP contribution in [0.15, 0.2) is 103 Å². The Labute approximate surface area is 264 Å². The smallest absolute Gasteiger partial charge is 0.248 e. The number of likely N-dealkylation sites (tertiary alicyclic amines) is 1. The van der Waals surface area contributed by atoms with Gasteiger partial charge < -0.3 is 10.6 Å². The van der Waals surface area contributed by atoms with Gasteiger partial charge in [-0.05, 0) is 52.1 Å². The summed E-state index contributed by atoms with van der Waals surface area (Å²) in [7, 11) is 0. The first-order chi connectivity index (χ1) is 21.2. The van der Waals surface area contributed by atoms with Crippen LogP contribution in [0.1, 0.15) is 34.7 Å². The molecule has 4 amide bonds. The highest BCUT2D eigenvalue weighted by Crippen LogP contribution is 2.69. The lowest BCUT2D eigenvalue weighted by molar-refractivity contribution is -0.146. The summed E-state index contributed by atoms with van der Waals surface area (Å²) in [5.41, 5.74) is 4.58. The number of benzene rings is 4. The topological polar surface area (TPSA) is 95.6 Å². The molecule has 3 aliphatic carbocycles. The van der Waals surface area contributed by atoms with Crippen LogP contribution in [0.2, 0.25) is 0 Å². The van der Waals surface area contributed by atoms with Crippen molar-refractivity contribution in [3.05, 3.63) is 131 Å². The van der Waals surface area contributed by atoms with Gasteiger partial charge in [0.05, 0.1) is 11.8 Å². The van der Waals surface area contributed by atoms with E-state index in [-0.39, 0.29) is 12.3 Å². The van der Waals surface area contributed by atoms with Crippen molar-refractivity contribution in [3.8, 4) is 0 Å². The Hall–Kier alpha value is -4.46. The van der Waals surface area contributed by atoms with Crippen molar-refractivity contribution in [2.24, 2.45) is 11.8 Å². The van der Waals surface area contributed by atoms with Crippen molar-refractivity contribution in [2.45, 2.75) is 29.1 Å². The number of rotatable bonds is 6. The Morgan fingerprint density at radius 3 is 1.52 bits per heavy atom. The summed E-state index contributed by atoms with van der Waals surface area (Å²) in [5.74, 6) is -3.83. The molecule has 0 radical (unpaired) electrons. The molecular formula is C35H27Cl2N3O4. The Morgan fingerprint density at radius 2 is 1.09 bits per heavy atom.